The van der Waals surface area contributed by atoms with Crippen LogP contribution in [0.5, 0.6) is 11.5 Å². The standard InChI is InChI=1S/C28H26ClN3O5/c1-16(2)37-22-8-6-5-7-20(22)31-26(33)18-10-12-19(13-11-18)30-25-24(29)27(34)32(28(25)35)21-15-17(3)9-14-23(21)36-4/h5-16,30H,1-4H3,(H,31,33). The maximum atomic E-state index is 13.2. The second-order valence-corrected chi connectivity index (χ2v) is 9.01. The first-order valence-electron chi connectivity index (χ1n) is 11.6. The van der Waals surface area contributed by atoms with Crippen molar-refractivity contribution in [3.05, 3.63) is 88.6 Å². The summed E-state index contributed by atoms with van der Waals surface area (Å²) in [6.45, 7) is 5.66. The van der Waals surface area contributed by atoms with Crippen LogP contribution in [0.3, 0.4) is 0 Å². The van der Waals surface area contributed by atoms with E-state index < -0.39 is 11.8 Å². The second-order valence-electron chi connectivity index (χ2n) is 8.63. The Morgan fingerprint density at radius 3 is 2.32 bits per heavy atom. The van der Waals surface area contributed by atoms with Crippen LogP contribution in [0.25, 0.3) is 0 Å². The van der Waals surface area contributed by atoms with Gasteiger partial charge in [-0.2, -0.15) is 0 Å². The number of methoxy groups -OCH3 is 1. The van der Waals surface area contributed by atoms with Gasteiger partial charge in [-0.25, -0.2) is 4.90 Å². The van der Waals surface area contributed by atoms with Crippen molar-refractivity contribution in [1.29, 1.82) is 0 Å². The number of anilines is 3. The summed E-state index contributed by atoms with van der Waals surface area (Å²) in [5, 5.41) is 5.53. The minimum atomic E-state index is -0.656. The molecule has 3 aromatic carbocycles. The quantitative estimate of drug-likeness (QED) is 0.383. The van der Waals surface area contributed by atoms with Crippen LogP contribution in [-0.4, -0.2) is 30.9 Å². The first-order chi connectivity index (χ1) is 17.7. The van der Waals surface area contributed by atoms with E-state index in [4.69, 9.17) is 21.1 Å². The zero-order chi connectivity index (χ0) is 26.7. The Bertz CT molecular complexity index is 1400. The zero-order valence-electron chi connectivity index (χ0n) is 20.8. The average molecular weight is 520 g/mol. The van der Waals surface area contributed by atoms with Crippen LogP contribution in [0.15, 0.2) is 77.5 Å². The number of aryl methyl sites for hydroxylation is 1. The van der Waals surface area contributed by atoms with E-state index in [1.807, 2.05) is 39.0 Å². The SMILES string of the molecule is COc1ccc(C)cc1N1C(=O)C(Cl)=C(Nc2ccc(C(=O)Nc3ccccc3OC(C)C)cc2)C1=O. The highest BCUT2D eigenvalue weighted by molar-refractivity contribution is 6.53. The lowest BCUT2D eigenvalue weighted by Gasteiger charge is -2.18. The number of hydrogen-bond acceptors (Lipinski definition) is 6. The van der Waals surface area contributed by atoms with Gasteiger partial charge in [-0.15, -0.1) is 0 Å². The molecule has 0 saturated carbocycles. The summed E-state index contributed by atoms with van der Waals surface area (Å²) in [5.74, 6) is -0.647. The fourth-order valence-electron chi connectivity index (χ4n) is 3.78. The molecular formula is C28H26ClN3O5. The molecule has 0 aliphatic carbocycles. The number of hydrogen-bond donors (Lipinski definition) is 2. The molecule has 1 aliphatic rings. The van der Waals surface area contributed by atoms with Crippen molar-refractivity contribution in [2.24, 2.45) is 0 Å². The van der Waals surface area contributed by atoms with Gasteiger partial charge in [-0.1, -0.05) is 29.8 Å². The number of benzene rings is 3. The Morgan fingerprint density at radius 2 is 1.65 bits per heavy atom. The largest absolute Gasteiger partial charge is 0.495 e. The minimum absolute atomic E-state index is 0.0438. The maximum absolute atomic E-state index is 13.2. The van der Waals surface area contributed by atoms with Gasteiger partial charge in [0.25, 0.3) is 17.7 Å². The van der Waals surface area contributed by atoms with Crippen LogP contribution in [0.1, 0.15) is 29.8 Å². The number of nitrogens with zero attached hydrogens (tertiary/aromatic N) is 1. The van der Waals surface area contributed by atoms with E-state index in [1.54, 1.807) is 48.5 Å². The number of nitrogens with one attached hydrogen (secondary N) is 2. The normalized spacial score (nSPS) is 13.3. The van der Waals surface area contributed by atoms with Gasteiger partial charge in [0, 0.05) is 11.3 Å². The lowest BCUT2D eigenvalue weighted by molar-refractivity contribution is -0.120. The predicted molar refractivity (Wildman–Crippen MR) is 143 cm³/mol. The van der Waals surface area contributed by atoms with E-state index in [-0.39, 0.29) is 22.7 Å². The molecule has 8 nitrogen and oxygen atoms in total. The summed E-state index contributed by atoms with van der Waals surface area (Å²) in [7, 11) is 1.46. The summed E-state index contributed by atoms with van der Waals surface area (Å²) >= 11 is 6.26. The molecule has 37 heavy (non-hydrogen) atoms. The number of ether oxygens (including phenoxy) is 2. The van der Waals surface area contributed by atoms with E-state index in [1.165, 1.54) is 7.11 Å². The predicted octanol–water partition coefficient (Wildman–Crippen LogP) is 5.48. The van der Waals surface area contributed by atoms with Gasteiger partial charge in [0.15, 0.2) is 0 Å². The fraction of sp³-hybridized carbons (Fsp3) is 0.179. The third-order valence-corrected chi connectivity index (χ3v) is 5.87. The van der Waals surface area contributed by atoms with Crippen molar-refractivity contribution in [2.75, 3.05) is 22.6 Å². The molecule has 3 amide bonds. The molecule has 0 radical (unpaired) electrons. The first-order valence-corrected chi connectivity index (χ1v) is 11.9. The van der Waals surface area contributed by atoms with Crippen LogP contribution in [-0.2, 0) is 9.59 Å². The van der Waals surface area contributed by atoms with Gasteiger partial charge < -0.3 is 20.1 Å². The Labute approximate surface area is 219 Å². The highest BCUT2D eigenvalue weighted by Gasteiger charge is 2.40. The van der Waals surface area contributed by atoms with Crippen molar-refractivity contribution in [3.8, 4) is 11.5 Å². The smallest absolute Gasteiger partial charge is 0.283 e. The number of carbonyl (C=O) groups is 3. The highest BCUT2D eigenvalue weighted by atomic mass is 35.5. The molecule has 3 aromatic rings. The van der Waals surface area contributed by atoms with E-state index in [0.29, 0.717) is 34.1 Å². The second kappa shape index (κ2) is 10.8. The van der Waals surface area contributed by atoms with E-state index in [2.05, 4.69) is 10.6 Å². The number of amides is 3. The summed E-state index contributed by atoms with van der Waals surface area (Å²) in [6.07, 6.45) is -0.0438. The highest BCUT2D eigenvalue weighted by Crippen LogP contribution is 2.36. The lowest BCUT2D eigenvalue weighted by Crippen LogP contribution is -2.32. The molecule has 0 spiro atoms. The third-order valence-electron chi connectivity index (χ3n) is 5.52. The molecule has 2 N–H and O–H groups in total. The number of imide groups is 1. The third kappa shape index (κ3) is 5.44. The molecular weight excluding hydrogens is 494 g/mol. The molecule has 1 aliphatic heterocycles. The fourth-order valence-corrected chi connectivity index (χ4v) is 3.99. The molecule has 0 fully saturated rings. The van der Waals surface area contributed by atoms with Gasteiger partial charge in [-0.05, 0) is 74.9 Å². The number of halogens is 1. The van der Waals surface area contributed by atoms with Crippen molar-refractivity contribution < 1.29 is 23.9 Å². The summed E-state index contributed by atoms with van der Waals surface area (Å²) < 4.78 is 11.1. The number of rotatable bonds is 8. The van der Waals surface area contributed by atoms with Gasteiger partial charge in [0.1, 0.15) is 22.2 Å². The Morgan fingerprint density at radius 1 is 0.946 bits per heavy atom. The van der Waals surface area contributed by atoms with Crippen molar-refractivity contribution in [1.82, 2.24) is 0 Å². The molecule has 0 aromatic heterocycles. The summed E-state index contributed by atoms with van der Waals surface area (Å²) in [6, 6.07) is 18.8. The van der Waals surface area contributed by atoms with Crippen molar-refractivity contribution >= 4 is 46.4 Å². The Hall–Kier alpha value is -4.30. The molecule has 0 saturated heterocycles. The monoisotopic (exact) mass is 519 g/mol. The van der Waals surface area contributed by atoms with E-state index in [0.717, 1.165) is 10.5 Å². The van der Waals surface area contributed by atoms with Crippen molar-refractivity contribution in [3.63, 3.8) is 0 Å². The van der Waals surface area contributed by atoms with Crippen LogP contribution < -0.4 is 25.0 Å². The Balaban J connectivity index is 1.50. The van der Waals surface area contributed by atoms with Crippen molar-refractivity contribution in [2.45, 2.75) is 26.9 Å². The Kier molecular flexibility index (Phi) is 7.50. The topological polar surface area (TPSA) is 97.0 Å². The average Bonchev–Trinajstić information content (AvgIpc) is 3.08. The number of carbonyl (C=O) groups excluding carboxylic acids is 3. The van der Waals surface area contributed by atoms with Gasteiger partial charge in [0.05, 0.1) is 24.6 Å². The molecule has 9 heteroatoms. The minimum Gasteiger partial charge on any atom is -0.495 e. The lowest BCUT2D eigenvalue weighted by atomic mass is 10.1. The van der Waals surface area contributed by atoms with Gasteiger partial charge >= 0.3 is 0 Å². The van der Waals surface area contributed by atoms with Crippen LogP contribution >= 0.6 is 11.6 Å². The zero-order valence-corrected chi connectivity index (χ0v) is 21.6. The van der Waals surface area contributed by atoms with Crippen LogP contribution in [0.4, 0.5) is 17.1 Å². The number of para-hydroxylation sites is 2. The first kappa shape index (κ1) is 25.8. The van der Waals surface area contributed by atoms with Gasteiger partial charge in [0.2, 0.25) is 0 Å². The maximum Gasteiger partial charge on any atom is 0.283 e. The van der Waals surface area contributed by atoms with Crippen LogP contribution in [0, 0.1) is 6.92 Å². The van der Waals surface area contributed by atoms with E-state index in [9.17, 15) is 14.4 Å². The molecule has 1 heterocycles. The molecule has 0 atom stereocenters. The molecule has 0 unspecified atom stereocenters. The van der Waals surface area contributed by atoms with Gasteiger partial charge in [-0.3, -0.25) is 14.4 Å². The molecule has 190 valence electrons. The van der Waals surface area contributed by atoms with E-state index >= 15 is 0 Å². The molecule has 4 rings (SSSR count). The van der Waals surface area contributed by atoms with Crippen LogP contribution in [0.2, 0.25) is 0 Å². The molecule has 0 bridgehead atoms. The summed E-state index contributed by atoms with van der Waals surface area (Å²) in [4.78, 5) is 39.8. The summed E-state index contributed by atoms with van der Waals surface area (Å²) in [5.41, 5.74) is 2.52.